The molecule has 2 saturated carbocycles. The van der Waals surface area contributed by atoms with Crippen LogP contribution in [-0.4, -0.2) is 29.2 Å². The van der Waals surface area contributed by atoms with Crippen LogP contribution in [0.2, 0.25) is 0 Å². The Morgan fingerprint density at radius 1 is 1.10 bits per heavy atom. The van der Waals surface area contributed by atoms with Gasteiger partial charge in [-0.3, -0.25) is 4.79 Å². The van der Waals surface area contributed by atoms with Crippen molar-refractivity contribution >= 4 is 22.8 Å². The lowest BCUT2D eigenvalue weighted by Crippen LogP contribution is -2.24. The molecule has 1 amide bonds. The summed E-state index contributed by atoms with van der Waals surface area (Å²) in [5.74, 6) is 0.256. The van der Waals surface area contributed by atoms with Gasteiger partial charge in [0.05, 0.1) is 23.8 Å². The molecule has 1 aromatic heterocycles. The summed E-state index contributed by atoms with van der Waals surface area (Å²) in [6.07, 6.45) is 6.44. The molecule has 2 aliphatic carbocycles. The highest BCUT2D eigenvalue weighted by molar-refractivity contribution is 6.00. The van der Waals surface area contributed by atoms with Gasteiger partial charge in [0.1, 0.15) is 11.4 Å². The standard InChI is InChI=1S/C31H34N4O4/c1-30(2,3)39-28(36)19-10-12-22-25(14-19)35-17-31(29(37)33-34-32)16-24(31)23-15-20(38-4)11-13-21(23)27(35)26(22)18-8-6-5-7-9-18/h10-15,18,24H,5-9,16-17H2,1-4H3. The Bertz CT molecular complexity index is 1550. The van der Waals surface area contributed by atoms with Gasteiger partial charge in [-0.2, -0.15) is 0 Å². The molecule has 0 bridgehead atoms. The number of carbonyl (C=O) groups excluding carboxylic acids is 2. The van der Waals surface area contributed by atoms with E-state index in [9.17, 15) is 9.59 Å². The number of hydrogen-bond acceptors (Lipinski definition) is 4. The normalized spacial score (nSPS) is 22.1. The van der Waals surface area contributed by atoms with Crippen LogP contribution in [0.5, 0.6) is 5.75 Å². The van der Waals surface area contributed by atoms with E-state index < -0.39 is 16.9 Å². The number of rotatable bonds is 4. The zero-order valence-corrected chi connectivity index (χ0v) is 23.0. The van der Waals surface area contributed by atoms with Crippen molar-refractivity contribution in [3.8, 4) is 17.0 Å². The van der Waals surface area contributed by atoms with Crippen molar-refractivity contribution < 1.29 is 19.1 Å². The third kappa shape index (κ3) is 4.18. The lowest BCUT2D eigenvalue weighted by molar-refractivity contribution is -0.123. The number of benzene rings is 2. The molecule has 202 valence electrons. The number of fused-ring (bicyclic) bond motifs is 7. The number of aromatic nitrogens is 1. The Morgan fingerprint density at radius 2 is 1.87 bits per heavy atom. The minimum atomic E-state index is -0.823. The fraction of sp³-hybridized carbons (Fsp3) is 0.484. The van der Waals surface area contributed by atoms with E-state index in [-0.39, 0.29) is 11.9 Å². The summed E-state index contributed by atoms with van der Waals surface area (Å²) in [6, 6.07) is 11.9. The largest absolute Gasteiger partial charge is 0.497 e. The number of hydrogen-bond donors (Lipinski definition) is 0. The van der Waals surface area contributed by atoms with Gasteiger partial charge in [-0.05, 0) is 98.1 Å². The summed E-state index contributed by atoms with van der Waals surface area (Å²) in [5.41, 5.74) is 13.6. The second-order valence-electron chi connectivity index (χ2n) is 12.3. The van der Waals surface area contributed by atoms with Crippen LogP contribution >= 0.6 is 0 Å². The third-order valence-electron chi connectivity index (χ3n) is 8.72. The highest BCUT2D eigenvalue weighted by atomic mass is 16.6. The van der Waals surface area contributed by atoms with Gasteiger partial charge in [0.15, 0.2) is 0 Å². The average molecular weight is 527 g/mol. The maximum Gasteiger partial charge on any atom is 0.338 e. The monoisotopic (exact) mass is 526 g/mol. The van der Waals surface area contributed by atoms with Gasteiger partial charge >= 0.3 is 5.97 Å². The molecular formula is C31H34N4O4. The minimum Gasteiger partial charge on any atom is -0.497 e. The van der Waals surface area contributed by atoms with Gasteiger partial charge in [0, 0.05) is 33.8 Å². The molecule has 3 aliphatic rings. The predicted molar refractivity (Wildman–Crippen MR) is 149 cm³/mol. The van der Waals surface area contributed by atoms with Gasteiger partial charge in [-0.1, -0.05) is 25.3 Å². The van der Waals surface area contributed by atoms with Crippen LogP contribution in [-0.2, 0) is 16.1 Å². The summed E-state index contributed by atoms with van der Waals surface area (Å²) < 4.78 is 13.5. The summed E-state index contributed by atoms with van der Waals surface area (Å²) in [7, 11) is 1.65. The second kappa shape index (κ2) is 9.16. The number of nitrogens with zero attached hydrogens (tertiary/aromatic N) is 4. The van der Waals surface area contributed by atoms with Crippen LogP contribution in [0.3, 0.4) is 0 Å². The first-order valence-corrected chi connectivity index (χ1v) is 13.8. The number of amides is 1. The lowest BCUT2D eigenvalue weighted by Gasteiger charge is -2.24. The molecule has 0 radical (unpaired) electrons. The van der Waals surface area contributed by atoms with Crippen molar-refractivity contribution in [1.29, 1.82) is 0 Å². The zero-order chi connectivity index (χ0) is 27.5. The van der Waals surface area contributed by atoms with E-state index >= 15 is 0 Å². The molecule has 2 heterocycles. The Labute approximate surface area is 227 Å². The SMILES string of the molecule is COc1ccc2c(c1)C1CC1(C(=O)N=[N+]=[N-])Cn1c-2c(C2CCCCC2)c2ccc(C(=O)OC(C)(C)C)cc21. The van der Waals surface area contributed by atoms with Crippen LogP contribution in [0.25, 0.3) is 32.6 Å². The first-order chi connectivity index (χ1) is 18.7. The number of esters is 1. The molecule has 39 heavy (non-hydrogen) atoms. The molecule has 0 saturated heterocycles. The molecule has 3 aromatic rings. The molecular weight excluding hydrogens is 492 g/mol. The summed E-state index contributed by atoms with van der Waals surface area (Å²) in [6.45, 7) is 5.97. The molecule has 8 nitrogen and oxygen atoms in total. The third-order valence-corrected chi connectivity index (χ3v) is 8.72. The Hall–Kier alpha value is -3.77. The molecule has 2 aromatic carbocycles. The Balaban J connectivity index is 1.64. The van der Waals surface area contributed by atoms with Gasteiger partial charge in [0.2, 0.25) is 5.91 Å². The maximum atomic E-state index is 13.3. The fourth-order valence-electron chi connectivity index (χ4n) is 6.89. The lowest BCUT2D eigenvalue weighted by atomic mass is 9.81. The van der Waals surface area contributed by atoms with Crippen molar-refractivity contribution in [3.63, 3.8) is 0 Å². The number of ether oxygens (including phenoxy) is 2. The molecule has 2 unspecified atom stereocenters. The van der Waals surface area contributed by atoms with Crippen molar-refractivity contribution in [2.75, 3.05) is 7.11 Å². The molecule has 6 rings (SSSR count). The topological polar surface area (TPSA) is 106 Å². The van der Waals surface area contributed by atoms with E-state index in [1.54, 1.807) is 7.11 Å². The summed E-state index contributed by atoms with van der Waals surface area (Å²) in [5, 5.41) is 4.69. The van der Waals surface area contributed by atoms with Gasteiger partial charge in [-0.15, -0.1) is 0 Å². The Kier molecular flexibility index (Phi) is 5.99. The predicted octanol–water partition coefficient (Wildman–Crippen LogP) is 7.64. The van der Waals surface area contributed by atoms with Crippen molar-refractivity contribution in [3.05, 3.63) is 63.5 Å². The van der Waals surface area contributed by atoms with E-state index in [4.69, 9.17) is 15.0 Å². The van der Waals surface area contributed by atoms with Crippen LogP contribution in [0.1, 0.15) is 92.6 Å². The summed E-state index contributed by atoms with van der Waals surface area (Å²) >= 11 is 0. The van der Waals surface area contributed by atoms with E-state index in [0.717, 1.165) is 46.3 Å². The maximum absolute atomic E-state index is 13.3. The van der Waals surface area contributed by atoms with E-state index in [2.05, 4.69) is 26.7 Å². The fourth-order valence-corrected chi connectivity index (χ4v) is 6.89. The molecule has 1 aliphatic heterocycles. The zero-order valence-electron chi connectivity index (χ0n) is 23.0. The molecule has 2 atom stereocenters. The number of carbonyl (C=O) groups is 2. The van der Waals surface area contributed by atoms with Gasteiger partial charge < -0.3 is 14.0 Å². The highest BCUT2D eigenvalue weighted by Gasteiger charge is 2.62. The van der Waals surface area contributed by atoms with Crippen LogP contribution in [0.4, 0.5) is 0 Å². The van der Waals surface area contributed by atoms with E-state index in [0.29, 0.717) is 24.4 Å². The van der Waals surface area contributed by atoms with Gasteiger partial charge in [-0.25, -0.2) is 4.79 Å². The van der Waals surface area contributed by atoms with Crippen LogP contribution in [0.15, 0.2) is 41.5 Å². The van der Waals surface area contributed by atoms with E-state index in [1.807, 2.05) is 45.0 Å². The second-order valence-corrected chi connectivity index (χ2v) is 12.3. The molecule has 0 spiro atoms. The average Bonchev–Trinajstić information content (AvgIpc) is 3.58. The van der Waals surface area contributed by atoms with Gasteiger partial charge in [0.25, 0.3) is 0 Å². The smallest absolute Gasteiger partial charge is 0.338 e. The molecule has 8 heteroatoms. The first-order valence-electron chi connectivity index (χ1n) is 13.8. The van der Waals surface area contributed by atoms with Crippen molar-refractivity contribution in [1.82, 2.24) is 4.57 Å². The van der Waals surface area contributed by atoms with E-state index in [1.165, 1.54) is 24.8 Å². The van der Waals surface area contributed by atoms with Crippen molar-refractivity contribution in [2.24, 2.45) is 10.5 Å². The van der Waals surface area contributed by atoms with Crippen LogP contribution < -0.4 is 4.74 Å². The number of azide groups is 1. The highest BCUT2D eigenvalue weighted by Crippen LogP contribution is 2.66. The van der Waals surface area contributed by atoms with Crippen molar-refractivity contribution in [2.45, 2.75) is 83.3 Å². The molecule has 0 N–H and O–H groups in total. The van der Waals surface area contributed by atoms with Crippen LogP contribution in [0, 0.1) is 5.41 Å². The molecule has 2 fully saturated rings. The summed E-state index contributed by atoms with van der Waals surface area (Å²) in [4.78, 5) is 29.3. The Morgan fingerprint density at radius 3 is 2.56 bits per heavy atom. The number of methoxy groups -OCH3 is 1. The first kappa shape index (κ1) is 25.5. The quantitative estimate of drug-likeness (QED) is 0.151. The minimum absolute atomic E-state index is 0.0659.